The molecule has 108 valence electrons. The second-order valence-electron chi connectivity index (χ2n) is 4.90. The molecular formula is C15H20N2O3. The quantitative estimate of drug-likeness (QED) is 0.888. The van der Waals surface area contributed by atoms with Crippen LogP contribution < -0.4 is 15.0 Å². The van der Waals surface area contributed by atoms with Crippen molar-refractivity contribution in [1.82, 2.24) is 5.32 Å². The maximum atomic E-state index is 12.1. The molecule has 1 aliphatic heterocycles. The standard InChI is InChI=1S/C15H20N2O3/c1-3-7-16-15(19)11-8-14(18)17(10-11)12-5-4-6-13(9-12)20-2/h4-6,9,11H,3,7-8,10H2,1-2H3,(H,16,19). The smallest absolute Gasteiger partial charge is 0.227 e. The molecule has 1 saturated heterocycles. The predicted octanol–water partition coefficient (Wildman–Crippen LogP) is 1.57. The van der Waals surface area contributed by atoms with E-state index in [2.05, 4.69) is 5.32 Å². The van der Waals surface area contributed by atoms with Gasteiger partial charge in [0.1, 0.15) is 5.75 Å². The van der Waals surface area contributed by atoms with E-state index in [1.54, 1.807) is 12.0 Å². The maximum absolute atomic E-state index is 12.1. The van der Waals surface area contributed by atoms with E-state index >= 15 is 0 Å². The number of carbonyl (C=O) groups is 2. The highest BCUT2D eigenvalue weighted by Crippen LogP contribution is 2.27. The van der Waals surface area contributed by atoms with Crippen LogP contribution in [0.1, 0.15) is 19.8 Å². The fourth-order valence-electron chi connectivity index (χ4n) is 2.30. The number of methoxy groups -OCH3 is 1. The van der Waals surface area contributed by atoms with Crippen molar-refractivity contribution in [2.24, 2.45) is 5.92 Å². The van der Waals surface area contributed by atoms with Gasteiger partial charge in [-0.1, -0.05) is 13.0 Å². The first-order valence-corrected chi connectivity index (χ1v) is 6.87. The topological polar surface area (TPSA) is 58.6 Å². The summed E-state index contributed by atoms with van der Waals surface area (Å²) in [6.07, 6.45) is 1.17. The lowest BCUT2D eigenvalue weighted by Crippen LogP contribution is -2.33. The van der Waals surface area contributed by atoms with Crippen LogP contribution in [0.4, 0.5) is 5.69 Å². The molecule has 1 aromatic rings. The Morgan fingerprint density at radius 2 is 2.30 bits per heavy atom. The molecule has 0 bridgehead atoms. The third kappa shape index (κ3) is 3.10. The molecule has 0 saturated carbocycles. The van der Waals surface area contributed by atoms with Gasteiger partial charge in [-0.05, 0) is 18.6 Å². The zero-order chi connectivity index (χ0) is 14.5. The highest BCUT2D eigenvalue weighted by Gasteiger charge is 2.34. The molecule has 0 spiro atoms. The number of hydrogen-bond acceptors (Lipinski definition) is 3. The van der Waals surface area contributed by atoms with Gasteiger partial charge in [0.15, 0.2) is 0 Å². The molecule has 0 aliphatic carbocycles. The minimum Gasteiger partial charge on any atom is -0.497 e. The van der Waals surface area contributed by atoms with Crippen molar-refractivity contribution in [3.63, 3.8) is 0 Å². The Hall–Kier alpha value is -2.04. The Labute approximate surface area is 118 Å². The summed E-state index contributed by atoms with van der Waals surface area (Å²) in [7, 11) is 1.59. The normalized spacial score (nSPS) is 18.2. The van der Waals surface area contributed by atoms with Crippen molar-refractivity contribution in [2.75, 3.05) is 25.1 Å². The summed E-state index contributed by atoms with van der Waals surface area (Å²) in [5.41, 5.74) is 0.778. The first-order valence-electron chi connectivity index (χ1n) is 6.87. The number of nitrogens with zero attached hydrogens (tertiary/aromatic N) is 1. The molecule has 1 fully saturated rings. The fraction of sp³-hybridized carbons (Fsp3) is 0.467. The Morgan fingerprint density at radius 1 is 1.50 bits per heavy atom. The highest BCUT2D eigenvalue weighted by molar-refractivity contribution is 6.00. The van der Waals surface area contributed by atoms with Crippen LogP contribution in [0.3, 0.4) is 0 Å². The Kier molecular flexibility index (Phi) is 4.61. The van der Waals surface area contributed by atoms with Crippen molar-refractivity contribution in [3.8, 4) is 5.75 Å². The number of ether oxygens (including phenoxy) is 1. The van der Waals surface area contributed by atoms with Crippen LogP contribution in [0, 0.1) is 5.92 Å². The third-order valence-electron chi connectivity index (χ3n) is 3.41. The number of benzene rings is 1. The van der Waals surface area contributed by atoms with Gasteiger partial charge in [-0.25, -0.2) is 0 Å². The van der Waals surface area contributed by atoms with Crippen LogP contribution >= 0.6 is 0 Å². The lowest BCUT2D eigenvalue weighted by atomic mass is 10.1. The van der Waals surface area contributed by atoms with E-state index in [0.29, 0.717) is 18.8 Å². The van der Waals surface area contributed by atoms with E-state index in [4.69, 9.17) is 4.74 Å². The third-order valence-corrected chi connectivity index (χ3v) is 3.41. The summed E-state index contributed by atoms with van der Waals surface area (Å²) in [6.45, 7) is 3.09. The SMILES string of the molecule is CCCNC(=O)C1CC(=O)N(c2cccc(OC)c2)C1. The van der Waals surface area contributed by atoms with Gasteiger partial charge >= 0.3 is 0 Å². The number of carbonyl (C=O) groups excluding carboxylic acids is 2. The van der Waals surface area contributed by atoms with Gasteiger partial charge < -0.3 is 15.0 Å². The van der Waals surface area contributed by atoms with E-state index in [9.17, 15) is 9.59 Å². The molecule has 0 radical (unpaired) electrons. The van der Waals surface area contributed by atoms with Gasteiger partial charge in [0.2, 0.25) is 11.8 Å². The zero-order valence-corrected chi connectivity index (χ0v) is 11.9. The molecule has 1 atom stereocenters. The first kappa shape index (κ1) is 14.4. The van der Waals surface area contributed by atoms with Crippen molar-refractivity contribution in [3.05, 3.63) is 24.3 Å². The first-order chi connectivity index (χ1) is 9.65. The average Bonchev–Trinajstić information content (AvgIpc) is 2.87. The fourth-order valence-corrected chi connectivity index (χ4v) is 2.30. The number of rotatable bonds is 5. The molecule has 1 N–H and O–H groups in total. The molecule has 5 nitrogen and oxygen atoms in total. The lowest BCUT2D eigenvalue weighted by Gasteiger charge is -2.17. The Morgan fingerprint density at radius 3 is 3.00 bits per heavy atom. The Balaban J connectivity index is 2.07. The summed E-state index contributed by atoms with van der Waals surface area (Å²) < 4.78 is 5.16. The predicted molar refractivity (Wildman–Crippen MR) is 76.8 cm³/mol. The molecular weight excluding hydrogens is 256 g/mol. The molecule has 1 aliphatic rings. The molecule has 2 amide bonds. The molecule has 1 aromatic carbocycles. The van der Waals surface area contributed by atoms with Crippen molar-refractivity contribution >= 4 is 17.5 Å². The van der Waals surface area contributed by atoms with Gasteiger partial charge in [0.25, 0.3) is 0 Å². The van der Waals surface area contributed by atoms with E-state index in [0.717, 1.165) is 12.1 Å². The zero-order valence-electron chi connectivity index (χ0n) is 11.9. The van der Waals surface area contributed by atoms with E-state index in [1.165, 1.54) is 0 Å². The number of amides is 2. The maximum Gasteiger partial charge on any atom is 0.227 e. The van der Waals surface area contributed by atoms with Crippen LogP contribution in [0.15, 0.2) is 24.3 Å². The van der Waals surface area contributed by atoms with Crippen molar-refractivity contribution in [1.29, 1.82) is 0 Å². The summed E-state index contributed by atoms with van der Waals surface area (Å²) in [6, 6.07) is 7.33. The monoisotopic (exact) mass is 276 g/mol. The van der Waals surface area contributed by atoms with Gasteiger partial charge in [-0.15, -0.1) is 0 Å². The van der Waals surface area contributed by atoms with E-state index in [1.807, 2.05) is 31.2 Å². The van der Waals surface area contributed by atoms with Crippen LogP contribution in [0.25, 0.3) is 0 Å². The average molecular weight is 276 g/mol. The van der Waals surface area contributed by atoms with Gasteiger partial charge in [-0.3, -0.25) is 9.59 Å². The largest absolute Gasteiger partial charge is 0.497 e. The number of anilines is 1. The molecule has 2 rings (SSSR count). The highest BCUT2D eigenvalue weighted by atomic mass is 16.5. The second-order valence-corrected chi connectivity index (χ2v) is 4.90. The van der Waals surface area contributed by atoms with Gasteiger partial charge in [-0.2, -0.15) is 0 Å². The summed E-state index contributed by atoms with van der Waals surface area (Å²) in [5.74, 6) is 0.384. The van der Waals surface area contributed by atoms with Crippen LogP contribution in [0.5, 0.6) is 5.75 Å². The van der Waals surface area contributed by atoms with Crippen LogP contribution in [0.2, 0.25) is 0 Å². The van der Waals surface area contributed by atoms with Crippen LogP contribution in [-0.2, 0) is 9.59 Å². The minimum atomic E-state index is -0.264. The Bertz CT molecular complexity index is 502. The minimum absolute atomic E-state index is 0.0186. The number of hydrogen-bond donors (Lipinski definition) is 1. The molecule has 1 heterocycles. The van der Waals surface area contributed by atoms with Crippen molar-refractivity contribution in [2.45, 2.75) is 19.8 Å². The van der Waals surface area contributed by atoms with E-state index in [-0.39, 0.29) is 24.2 Å². The summed E-state index contributed by atoms with van der Waals surface area (Å²) in [5, 5.41) is 2.85. The van der Waals surface area contributed by atoms with Gasteiger partial charge in [0.05, 0.1) is 13.0 Å². The number of nitrogens with one attached hydrogen (secondary N) is 1. The summed E-state index contributed by atoms with van der Waals surface area (Å²) >= 11 is 0. The molecule has 0 aromatic heterocycles. The van der Waals surface area contributed by atoms with Crippen molar-refractivity contribution < 1.29 is 14.3 Å². The molecule has 5 heteroatoms. The lowest BCUT2D eigenvalue weighted by molar-refractivity contribution is -0.126. The molecule has 20 heavy (non-hydrogen) atoms. The van der Waals surface area contributed by atoms with Gasteiger partial charge in [0, 0.05) is 31.3 Å². The van der Waals surface area contributed by atoms with Crippen LogP contribution in [-0.4, -0.2) is 32.0 Å². The van der Waals surface area contributed by atoms with E-state index < -0.39 is 0 Å². The second kappa shape index (κ2) is 6.41. The summed E-state index contributed by atoms with van der Waals surface area (Å²) in [4.78, 5) is 25.7. The molecule has 1 unspecified atom stereocenters.